The Morgan fingerprint density at radius 1 is 1.19 bits per heavy atom. The van der Waals surface area contributed by atoms with Gasteiger partial charge < -0.3 is 10.0 Å². The van der Waals surface area contributed by atoms with Gasteiger partial charge in [-0.05, 0) is 29.5 Å². The number of benzene rings is 1. The van der Waals surface area contributed by atoms with Gasteiger partial charge in [-0.2, -0.15) is 0 Å². The monoisotopic (exact) mass is 303 g/mol. The second-order valence-electron chi connectivity index (χ2n) is 5.38. The van der Waals surface area contributed by atoms with Gasteiger partial charge in [-0.3, -0.25) is 4.79 Å². The van der Waals surface area contributed by atoms with Crippen LogP contribution in [0.2, 0.25) is 0 Å². The third kappa shape index (κ3) is 4.08. The third-order valence-corrected chi connectivity index (χ3v) is 4.40. The highest BCUT2D eigenvalue weighted by Gasteiger charge is 2.25. The SMILES string of the molecule is CC(C)C(c1cccs1)N(CCC(=O)O)c1ccccc1. The van der Waals surface area contributed by atoms with Gasteiger partial charge in [0.1, 0.15) is 0 Å². The second-order valence-corrected chi connectivity index (χ2v) is 6.36. The molecule has 0 bridgehead atoms. The Balaban J connectivity index is 2.34. The van der Waals surface area contributed by atoms with Crippen LogP contribution >= 0.6 is 11.3 Å². The lowest BCUT2D eigenvalue weighted by molar-refractivity contribution is -0.136. The molecular formula is C17H21NO2S. The minimum Gasteiger partial charge on any atom is -0.481 e. The van der Waals surface area contributed by atoms with Gasteiger partial charge in [0.05, 0.1) is 12.5 Å². The van der Waals surface area contributed by atoms with Crippen molar-refractivity contribution in [2.45, 2.75) is 26.3 Å². The molecule has 21 heavy (non-hydrogen) atoms. The predicted molar refractivity (Wildman–Crippen MR) is 87.9 cm³/mol. The normalized spacial score (nSPS) is 12.3. The number of nitrogens with zero attached hydrogens (tertiary/aromatic N) is 1. The van der Waals surface area contributed by atoms with Crippen LogP contribution in [0.5, 0.6) is 0 Å². The summed E-state index contributed by atoms with van der Waals surface area (Å²) in [6.45, 7) is 4.88. The molecule has 0 aliphatic rings. The van der Waals surface area contributed by atoms with E-state index in [0.29, 0.717) is 12.5 Å². The molecule has 0 amide bonds. The number of rotatable bonds is 7. The van der Waals surface area contributed by atoms with Crippen molar-refractivity contribution >= 4 is 23.0 Å². The minimum atomic E-state index is -0.760. The van der Waals surface area contributed by atoms with E-state index in [4.69, 9.17) is 5.11 Å². The number of carboxylic acids is 1. The number of carboxylic acid groups (broad SMARTS) is 1. The van der Waals surface area contributed by atoms with Crippen molar-refractivity contribution in [3.8, 4) is 0 Å². The van der Waals surface area contributed by atoms with Crippen LogP contribution in [0.3, 0.4) is 0 Å². The number of hydrogen-bond acceptors (Lipinski definition) is 3. The largest absolute Gasteiger partial charge is 0.481 e. The Hall–Kier alpha value is -1.81. The maximum absolute atomic E-state index is 11.0. The molecule has 1 aromatic heterocycles. The number of para-hydroxylation sites is 1. The Bertz CT molecular complexity index is 551. The number of thiophene rings is 1. The van der Waals surface area contributed by atoms with E-state index in [1.807, 2.05) is 30.3 Å². The Morgan fingerprint density at radius 2 is 1.90 bits per heavy atom. The van der Waals surface area contributed by atoms with Crippen molar-refractivity contribution in [1.29, 1.82) is 0 Å². The molecular weight excluding hydrogens is 282 g/mol. The van der Waals surface area contributed by atoms with Crippen LogP contribution < -0.4 is 4.90 Å². The zero-order valence-corrected chi connectivity index (χ0v) is 13.2. The third-order valence-electron chi connectivity index (χ3n) is 3.46. The molecule has 0 saturated carbocycles. The molecule has 2 rings (SSSR count). The Morgan fingerprint density at radius 3 is 2.43 bits per heavy atom. The summed E-state index contributed by atoms with van der Waals surface area (Å²) in [4.78, 5) is 14.5. The van der Waals surface area contributed by atoms with Gasteiger partial charge in [0.15, 0.2) is 0 Å². The van der Waals surface area contributed by atoms with E-state index in [9.17, 15) is 4.79 Å². The van der Waals surface area contributed by atoms with Gasteiger partial charge in [-0.15, -0.1) is 11.3 Å². The van der Waals surface area contributed by atoms with Crippen molar-refractivity contribution in [3.05, 3.63) is 52.7 Å². The predicted octanol–water partition coefficient (Wildman–Crippen LogP) is 4.43. The zero-order chi connectivity index (χ0) is 15.2. The quantitative estimate of drug-likeness (QED) is 0.822. The molecule has 1 atom stereocenters. The van der Waals surface area contributed by atoms with Crippen LogP contribution in [-0.4, -0.2) is 17.6 Å². The van der Waals surface area contributed by atoms with Crippen LogP contribution in [0, 0.1) is 5.92 Å². The van der Waals surface area contributed by atoms with Gasteiger partial charge in [0.25, 0.3) is 0 Å². The molecule has 0 fully saturated rings. The molecule has 1 aromatic carbocycles. The lowest BCUT2D eigenvalue weighted by Gasteiger charge is -2.35. The zero-order valence-electron chi connectivity index (χ0n) is 12.4. The molecule has 0 aliphatic carbocycles. The van der Waals surface area contributed by atoms with Gasteiger partial charge in [0.2, 0.25) is 0 Å². The van der Waals surface area contributed by atoms with E-state index in [0.717, 1.165) is 5.69 Å². The van der Waals surface area contributed by atoms with Gasteiger partial charge >= 0.3 is 5.97 Å². The fourth-order valence-corrected chi connectivity index (χ4v) is 3.58. The summed E-state index contributed by atoms with van der Waals surface area (Å²) < 4.78 is 0. The molecule has 1 heterocycles. The van der Waals surface area contributed by atoms with Crippen LogP contribution in [0.25, 0.3) is 0 Å². The first-order chi connectivity index (χ1) is 10.1. The second kappa shape index (κ2) is 7.27. The fourth-order valence-electron chi connectivity index (χ4n) is 2.57. The van der Waals surface area contributed by atoms with Crippen LogP contribution in [0.1, 0.15) is 31.2 Å². The average molecular weight is 303 g/mol. The summed E-state index contributed by atoms with van der Waals surface area (Å²) >= 11 is 1.73. The van der Waals surface area contributed by atoms with Crippen molar-refractivity contribution in [1.82, 2.24) is 0 Å². The molecule has 112 valence electrons. The molecule has 0 aliphatic heterocycles. The first kappa shape index (κ1) is 15.6. The van der Waals surface area contributed by atoms with Crippen LogP contribution in [0.15, 0.2) is 47.8 Å². The van der Waals surface area contributed by atoms with Crippen molar-refractivity contribution in [3.63, 3.8) is 0 Å². The van der Waals surface area contributed by atoms with Crippen LogP contribution in [-0.2, 0) is 4.79 Å². The van der Waals surface area contributed by atoms with Gasteiger partial charge in [0, 0.05) is 17.1 Å². The Labute approximate surface area is 129 Å². The molecule has 3 nitrogen and oxygen atoms in total. The fraction of sp³-hybridized carbons (Fsp3) is 0.353. The van der Waals surface area contributed by atoms with E-state index in [2.05, 4.69) is 36.3 Å². The average Bonchev–Trinajstić information content (AvgIpc) is 2.97. The highest BCUT2D eigenvalue weighted by Crippen LogP contribution is 2.35. The van der Waals surface area contributed by atoms with E-state index in [1.54, 1.807) is 11.3 Å². The molecule has 1 N–H and O–H groups in total. The summed E-state index contributed by atoms with van der Waals surface area (Å²) in [5.41, 5.74) is 1.07. The molecule has 4 heteroatoms. The topological polar surface area (TPSA) is 40.5 Å². The first-order valence-electron chi connectivity index (χ1n) is 7.16. The number of hydrogen-bond donors (Lipinski definition) is 1. The lowest BCUT2D eigenvalue weighted by atomic mass is 9.99. The standard InChI is InChI=1S/C17H21NO2S/c1-13(2)17(15-9-6-12-21-15)18(11-10-16(19)20)14-7-4-3-5-8-14/h3-9,12-13,17H,10-11H2,1-2H3,(H,19,20). The first-order valence-corrected chi connectivity index (χ1v) is 8.04. The van der Waals surface area contributed by atoms with Crippen molar-refractivity contribution in [2.75, 3.05) is 11.4 Å². The summed E-state index contributed by atoms with van der Waals surface area (Å²) in [6.07, 6.45) is 0.142. The van der Waals surface area contributed by atoms with E-state index >= 15 is 0 Å². The lowest BCUT2D eigenvalue weighted by Crippen LogP contribution is -2.33. The number of aliphatic carboxylic acids is 1. The summed E-state index contributed by atoms with van der Waals surface area (Å²) in [7, 11) is 0. The maximum atomic E-state index is 11.0. The minimum absolute atomic E-state index is 0.142. The molecule has 1 unspecified atom stereocenters. The van der Waals surface area contributed by atoms with E-state index in [-0.39, 0.29) is 12.5 Å². The Kier molecular flexibility index (Phi) is 5.39. The highest BCUT2D eigenvalue weighted by atomic mass is 32.1. The van der Waals surface area contributed by atoms with Crippen LogP contribution in [0.4, 0.5) is 5.69 Å². The summed E-state index contributed by atoms with van der Waals surface area (Å²) in [5.74, 6) is -0.359. The summed E-state index contributed by atoms with van der Waals surface area (Å²) in [6, 6.07) is 14.4. The molecule has 0 saturated heterocycles. The maximum Gasteiger partial charge on any atom is 0.305 e. The van der Waals surface area contributed by atoms with E-state index < -0.39 is 5.97 Å². The number of anilines is 1. The van der Waals surface area contributed by atoms with E-state index in [1.165, 1.54) is 4.88 Å². The summed E-state index contributed by atoms with van der Waals surface area (Å²) in [5, 5.41) is 11.1. The molecule has 0 spiro atoms. The van der Waals surface area contributed by atoms with Gasteiger partial charge in [-0.25, -0.2) is 0 Å². The van der Waals surface area contributed by atoms with Crippen molar-refractivity contribution in [2.24, 2.45) is 5.92 Å². The molecule has 2 aromatic rings. The van der Waals surface area contributed by atoms with Crippen molar-refractivity contribution < 1.29 is 9.90 Å². The number of carbonyl (C=O) groups is 1. The highest BCUT2D eigenvalue weighted by molar-refractivity contribution is 7.10. The van der Waals surface area contributed by atoms with Gasteiger partial charge in [-0.1, -0.05) is 38.1 Å². The smallest absolute Gasteiger partial charge is 0.305 e. The molecule has 0 radical (unpaired) electrons.